The number of benzene rings is 1. The zero-order valence-corrected chi connectivity index (χ0v) is 9.66. The summed E-state index contributed by atoms with van der Waals surface area (Å²) < 4.78 is 18.3. The van der Waals surface area contributed by atoms with Gasteiger partial charge in [-0.3, -0.25) is 0 Å². The van der Waals surface area contributed by atoms with Gasteiger partial charge in [0, 0.05) is 25.2 Å². The number of nitrogens with zero attached hydrogens (tertiary/aromatic N) is 1. The van der Waals surface area contributed by atoms with E-state index < -0.39 is 5.82 Å². The van der Waals surface area contributed by atoms with Crippen molar-refractivity contribution in [2.24, 2.45) is 5.92 Å². The summed E-state index contributed by atoms with van der Waals surface area (Å²) in [6, 6.07) is 3.01. The molecule has 0 spiro atoms. The van der Waals surface area contributed by atoms with Crippen LogP contribution >= 0.6 is 0 Å². The third kappa shape index (κ3) is 1.92. The van der Waals surface area contributed by atoms with Gasteiger partial charge < -0.3 is 15.4 Å². The van der Waals surface area contributed by atoms with Crippen molar-refractivity contribution in [3.8, 4) is 5.75 Å². The van der Waals surface area contributed by atoms with Crippen LogP contribution in [0.3, 0.4) is 0 Å². The van der Waals surface area contributed by atoms with Crippen molar-refractivity contribution in [1.82, 2.24) is 0 Å². The molecule has 0 amide bonds. The Morgan fingerprint density at radius 3 is 2.81 bits per heavy atom. The highest BCUT2D eigenvalue weighted by molar-refractivity contribution is 5.70. The maximum atomic E-state index is 13.4. The molecule has 1 aliphatic heterocycles. The molecule has 1 fully saturated rings. The van der Waals surface area contributed by atoms with Crippen LogP contribution in [0.4, 0.5) is 15.8 Å². The van der Waals surface area contributed by atoms with Crippen molar-refractivity contribution in [2.75, 3.05) is 30.8 Å². The molecule has 1 unspecified atom stereocenters. The molecule has 88 valence electrons. The lowest BCUT2D eigenvalue weighted by Crippen LogP contribution is -2.20. The Hall–Kier alpha value is -1.45. The Kier molecular flexibility index (Phi) is 2.90. The molecule has 1 saturated heterocycles. The molecule has 1 atom stereocenters. The first-order chi connectivity index (χ1) is 7.61. The van der Waals surface area contributed by atoms with E-state index in [2.05, 4.69) is 11.8 Å². The Labute approximate surface area is 95.0 Å². The predicted molar refractivity (Wildman–Crippen MR) is 63.4 cm³/mol. The Morgan fingerprint density at radius 1 is 1.50 bits per heavy atom. The third-order valence-electron chi connectivity index (χ3n) is 3.07. The summed E-state index contributed by atoms with van der Waals surface area (Å²) in [5.41, 5.74) is 7.19. The number of nitrogens with two attached hydrogens (primary N) is 1. The van der Waals surface area contributed by atoms with Crippen LogP contribution in [0, 0.1) is 11.7 Å². The normalized spacial score (nSPS) is 20.2. The molecule has 0 saturated carbocycles. The molecule has 16 heavy (non-hydrogen) atoms. The molecule has 2 rings (SSSR count). The summed E-state index contributed by atoms with van der Waals surface area (Å²) >= 11 is 0. The van der Waals surface area contributed by atoms with Crippen molar-refractivity contribution in [3.63, 3.8) is 0 Å². The van der Waals surface area contributed by atoms with E-state index in [9.17, 15) is 4.39 Å². The standard InChI is InChI=1S/C12H17FN2O/c1-8-3-4-15(7-8)11-6-12(16-2)9(13)5-10(11)14/h5-6,8H,3-4,7,14H2,1-2H3. The van der Waals surface area contributed by atoms with E-state index >= 15 is 0 Å². The number of hydrogen-bond donors (Lipinski definition) is 1. The molecule has 4 heteroatoms. The maximum absolute atomic E-state index is 13.4. The van der Waals surface area contributed by atoms with E-state index in [4.69, 9.17) is 10.5 Å². The number of rotatable bonds is 2. The summed E-state index contributed by atoms with van der Waals surface area (Å²) in [5, 5.41) is 0. The second kappa shape index (κ2) is 4.20. The van der Waals surface area contributed by atoms with E-state index in [-0.39, 0.29) is 5.75 Å². The van der Waals surface area contributed by atoms with Gasteiger partial charge in [0.1, 0.15) is 0 Å². The quantitative estimate of drug-likeness (QED) is 0.783. The SMILES string of the molecule is COc1cc(N2CCC(C)C2)c(N)cc1F. The number of ether oxygens (including phenoxy) is 1. The van der Waals surface area contributed by atoms with Crippen LogP contribution < -0.4 is 15.4 Å². The van der Waals surface area contributed by atoms with Crippen LogP contribution in [0.1, 0.15) is 13.3 Å². The highest BCUT2D eigenvalue weighted by Gasteiger charge is 2.21. The zero-order valence-electron chi connectivity index (χ0n) is 9.66. The molecule has 0 aromatic heterocycles. The fraction of sp³-hybridized carbons (Fsp3) is 0.500. The average Bonchev–Trinajstić information content (AvgIpc) is 2.65. The Morgan fingerprint density at radius 2 is 2.25 bits per heavy atom. The van der Waals surface area contributed by atoms with E-state index in [1.54, 1.807) is 6.07 Å². The zero-order chi connectivity index (χ0) is 11.7. The van der Waals surface area contributed by atoms with Crippen LogP contribution in [0.15, 0.2) is 12.1 Å². The summed E-state index contributed by atoms with van der Waals surface area (Å²) in [6.45, 7) is 4.15. The molecule has 1 aromatic rings. The van der Waals surface area contributed by atoms with Crippen molar-refractivity contribution in [3.05, 3.63) is 17.9 Å². The molecule has 0 radical (unpaired) electrons. The fourth-order valence-corrected chi connectivity index (χ4v) is 2.14. The van der Waals surface area contributed by atoms with Gasteiger partial charge in [-0.1, -0.05) is 6.92 Å². The first kappa shape index (κ1) is 11.0. The van der Waals surface area contributed by atoms with E-state index in [0.29, 0.717) is 11.6 Å². The van der Waals surface area contributed by atoms with Gasteiger partial charge in [-0.25, -0.2) is 4.39 Å². The lowest BCUT2D eigenvalue weighted by atomic mass is 10.2. The third-order valence-corrected chi connectivity index (χ3v) is 3.07. The van der Waals surface area contributed by atoms with Gasteiger partial charge in [0.2, 0.25) is 0 Å². The van der Waals surface area contributed by atoms with E-state index in [1.807, 2.05) is 0 Å². The minimum atomic E-state index is -0.406. The molecular formula is C12H17FN2O. The molecular weight excluding hydrogens is 207 g/mol. The van der Waals surface area contributed by atoms with Gasteiger partial charge in [0.25, 0.3) is 0 Å². The first-order valence-electron chi connectivity index (χ1n) is 5.49. The summed E-state index contributed by atoms with van der Waals surface area (Å²) in [6.07, 6.45) is 1.15. The second-order valence-electron chi connectivity index (χ2n) is 4.39. The first-order valence-corrected chi connectivity index (χ1v) is 5.49. The van der Waals surface area contributed by atoms with Crippen LogP contribution in [0.5, 0.6) is 5.75 Å². The minimum absolute atomic E-state index is 0.253. The van der Waals surface area contributed by atoms with E-state index in [0.717, 1.165) is 25.2 Å². The van der Waals surface area contributed by atoms with Crippen molar-refractivity contribution in [2.45, 2.75) is 13.3 Å². The highest BCUT2D eigenvalue weighted by Crippen LogP contribution is 2.33. The predicted octanol–water partition coefficient (Wildman–Crippen LogP) is 2.26. The summed E-state index contributed by atoms with van der Waals surface area (Å²) in [4.78, 5) is 2.18. The molecule has 1 aromatic carbocycles. The molecule has 3 nitrogen and oxygen atoms in total. The van der Waals surface area contributed by atoms with Gasteiger partial charge in [-0.15, -0.1) is 0 Å². The number of anilines is 2. The Balaban J connectivity index is 2.33. The average molecular weight is 224 g/mol. The highest BCUT2D eigenvalue weighted by atomic mass is 19.1. The van der Waals surface area contributed by atoms with Crippen molar-refractivity contribution in [1.29, 1.82) is 0 Å². The van der Waals surface area contributed by atoms with Gasteiger partial charge >= 0.3 is 0 Å². The second-order valence-corrected chi connectivity index (χ2v) is 4.39. The summed E-state index contributed by atoms with van der Waals surface area (Å²) in [5.74, 6) is 0.509. The summed E-state index contributed by atoms with van der Waals surface area (Å²) in [7, 11) is 1.46. The number of methoxy groups -OCH3 is 1. The van der Waals surface area contributed by atoms with Crippen molar-refractivity contribution < 1.29 is 9.13 Å². The fourth-order valence-electron chi connectivity index (χ4n) is 2.14. The van der Waals surface area contributed by atoms with Gasteiger partial charge in [0.05, 0.1) is 18.5 Å². The monoisotopic (exact) mass is 224 g/mol. The topological polar surface area (TPSA) is 38.5 Å². The van der Waals surface area contributed by atoms with Crippen LogP contribution in [0.2, 0.25) is 0 Å². The lowest BCUT2D eigenvalue weighted by molar-refractivity contribution is 0.387. The van der Waals surface area contributed by atoms with Crippen molar-refractivity contribution >= 4 is 11.4 Å². The molecule has 1 heterocycles. The minimum Gasteiger partial charge on any atom is -0.494 e. The number of hydrogen-bond acceptors (Lipinski definition) is 3. The molecule has 0 bridgehead atoms. The Bertz CT molecular complexity index is 395. The van der Waals surface area contributed by atoms with Crippen LogP contribution in [0.25, 0.3) is 0 Å². The lowest BCUT2D eigenvalue weighted by Gasteiger charge is -2.21. The molecule has 1 aliphatic rings. The van der Waals surface area contributed by atoms with E-state index in [1.165, 1.54) is 13.2 Å². The molecule has 2 N–H and O–H groups in total. The largest absolute Gasteiger partial charge is 0.494 e. The molecule has 0 aliphatic carbocycles. The number of nitrogen functional groups attached to an aromatic ring is 1. The maximum Gasteiger partial charge on any atom is 0.167 e. The van der Waals surface area contributed by atoms with Crippen LogP contribution in [-0.4, -0.2) is 20.2 Å². The number of halogens is 1. The van der Waals surface area contributed by atoms with Crippen LogP contribution in [-0.2, 0) is 0 Å². The smallest absolute Gasteiger partial charge is 0.167 e. The van der Waals surface area contributed by atoms with Gasteiger partial charge in [0.15, 0.2) is 11.6 Å². The van der Waals surface area contributed by atoms with Gasteiger partial charge in [-0.05, 0) is 12.3 Å². The van der Waals surface area contributed by atoms with Gasteiger partial charge in [-0.2, -0.15) is 0 Å².